The topological polar surface area (TPSA) is 114 Å². The zero-order chi connectivity index (χ0) is 21.5. The number of nitrogens with two attached hydrogens (primary N) is 1. The molecule has 0 amide bonds. The number of rotatable bonds is 9. The van der Waals surface area contributed by atoms with Crippen LogP contribution in [0.3, 0.4) is 0 Å². The highest BCUT2D eigenvalue weighted by molar-refractivity contribution is 5.81. The maximum atomic E-state index is 11.9. The fraction of sp³-hybridized carbons (Fsp3) is 0.182. The number of imidazole rings is 1. The number of carbonyl (C=O) groups is 1. The molecule has 2 heterocycles. The molecule has 4 aromatic rings. The molecule has 0 unspecified atom stereocenters. The molecule has 4 rings (SSSR count). The molecule has 0 saturated carbocycles. The van der Waals surface area contributed by atoms with Crippen LogP contribution in [0.4, 0.5) is 5.82 Å². The van der Waals surface area contributed by atoms with Gasteiger partial charge in [-0.15, -0.1) is 0 Å². The Morgan fingerprint density at radius 3 is 2.48 bits per heavy atom. The molecular weight excluding hydrogens is 398 g/mol. The van der Waals surface area contributed by atoms with E-state index in [1.54, 1.807) is 30.6 Å². The second kappa shape index (κ2) is 9.57. The van der Waals surface area contributed by atoms with E-state index >= 15 is 0 Å². The summed E-state index contributed by atoms with van der Waals surface area (Å²) < 4.78 is 18.3. The van der Waals surface area contributed by atoms with Crippen LogP contribution in [0.25, 0.3) is 11.2 Å². The van der Waals surface area contributed by atoms with Crippen LogP contribution < -0.4 is 15.2 Å². The molecule has 0 aliphatic carbocycles. The van der Waals surface area contributed by atoms with E-state index in [2.05, 4.69) is 15.0 Å². The van der Waals surface area contributed by atoms with Crippen molar-refractivity contribution >= 4 is 23.0 Å². The monoisotopic (exact) mass is 419 g/mol. The summed E-state index contributed by atoms with van der Waals surface area (Å²) in [5.74, 6) is 1.89. The van der Waals surface area contributed by atoms with Gasteiger partial charge in [0.25, 0.3) is 0 Å². The number of esters is 1. The summed E-state index contributed by atoms with van der Waals surface area (Å²) >= 11 is 0. The van der Waals surface area contributed by atoms with Crippen LogP contribution in [0.1, 0.15) is 6.42 Å². The average Bonchev–Trinajstić information content (AvgIpc) is 3.21. The van der Waals surface area contributed by atoms with E-state index < -0.39 is 5.97 Å². The summed E-state index contributed by atoms with van der Waals surface area (Å²) in [7, 11) is 0. The number of hydrogen-bond acceptors (Lipinski definition) is 8. The van der Waals surface area contributed by atoms with Gasteiger partial charge in [0.1, 0.15) is 29.1 Å². The maximum absolute atomic E-state index is 11.9. The Hall–Kier alpha value is -4.14. The number of aromatic nitrogens is 4. The molecular formula is C22H21N5O4. The SMILES string of the molecule is Nc1ncnc2c1ncn2CCCOC(=O)COc1ccc(Oc2ccccc2)cc1. The number of ether oxygens (including phenoxy) is 3. The highest BCUT2D eigenvalue weighted by atomic mass is 16.6. The molecule has 0 aliphatic heterocycles. The van der Waals surface area contributed by atoms with E-state index in [1.807, 2.05) is 34.9 Å². The Kier molecular flexibility index (Phi) is 6.22. The van der Waals surface area contributed by atoms with Crippen molar-refractivity contribution in [2.45, 2.75) is 13.0 Å². The van der Waals surface area contributed by atoms with E-state index in [1.165, 1.54) is 6.33 Å². The van der Waals surface area contributed by atoms with E-state index in [0.717, 1.165) is 5.75 Å². The number of fused-ring (bicyclic) bond motifs is 1. The van der Waals surface area contributed by atoms with Gasteiger partial charge in [-0.25, -0.2) is 19.7 Å². The molecule has 158 valence electrons. The fourth-order valence-electron chi connectivity index (χ4n) is 2.90. The van der Waals surface area contributed by atoms with Crippen molar-refractivity contribution in [3.8, 4) is 17.2 Å². The third-order valence-corrected chi connectivity index (χ3v) is 4.40. The smallest absolute Gasteiger partial charge is 0.344 e. The van der Waals surface area contributed by atoms with Crippen molar-refractivity contribution in [2.75, 3.05) is 18.9 Å². The lowest BCUT2D eigenvalue weighted by Gasteiger charge is -2.09. The van der Waals surface area contributed by atoms with Gasteiger partial charge in [0, 0.05) is 6.54 Å². The van der Waals surface area contributed by atoms with Crippen LogP contribution in [0.15, 0.2) is 67.3 Å². The minimum Gasteiger partial charge on any atom is -0.482 e. The second-order valence-corrected chi connectivity index (χ2v) is 6.62. The average molecular weight is 419 g/mol. The molecule has 0 saturated heterocycles. The number of hydrogen-bond donors (Lipinski definition) is 1. The summed E-state index contributed by atoms with van der Waals surface area (Å²) in [5, 5.41) is 0. The van der Waals surface area contributed by atoms with Gasteiger partial charge in [0.05, 0.1) is 12.9 Å². The number of carbonyl (C=O) groups excluding carboxylic acids is 1. The van der Waals surface area contributed by atoms with Crippen molar-refractivity contribution in [3.63, 3.8) is 0 Å². The van der Waals surface area contributed by atoms with Gasteiger partial charge >= 0.3 is 5.97 Å². The predicted octanol–water partition coefficient (Wildman–Crippen LogP) is 3.21. The van der Waals surface area contributed by atoms with E-state index in [9.17, 15) is 4.79 Å². The van der Waals surface area contributed by atoms with Gasteiger partial charge < -0.3 is 24.5 Å². The quantitative estimate of drug-likeness (QED) is 0.325. The fourth-order valence-corrected chi connectivity index (χ4v) is 2.90. The van der Waals surface area contributed by atoms with Gasteiger partial charge in [0.2, 0.25) is 0 Å². The largest absolute Gasteiger partial charge is 0.482 e. The van der Waals surface area contributed by atoms with Gasteiger partial charge in [0.15, 0.2) is 18.1 Å². The predicted molar refractivity (Wildman–Crippen MR) is 114 cm³/mol. The van der Waals surface area contributed by atoms with Crippen molar-refractivity contribution in [2.24, 2.45) is 0 Å². The normalized spacial score (nSPS) is 10.7. The van der Waals surface area contributed by atoms with E-state index in [-0.39, 0.29) is 13.2 Å². The summed E-state index contributed by atoms with van der Waals surface area (Å²) in [4.78, 5) is 24.2. The Labute approximate surface area is 178 Å². The summed E-state index contributed by atoms with van der Waals surface area (Å²) in [5.41, 5.74) is 6.99. The van der Waals surface area contributed by atoms with E-state index in [0.29, 0.717) is 41.4 Å². The van der Waals surface area contributed by atoms with Gasteiger partial charge in [-0.1, -0.05) is 18.2 Å². The summed E-state index contributed by atoms with van der Waals surface area (Å²) in [6.45, 7) is 0.674. The first kappa shape index (κ1) is 20.1. The van der Waals surface area contributed by atoms with Crippen LogP contribution in [-0.4, -0.2) is 38.7 Å². The molecule has 0 radical (unpaired) electrons. The molecule has 31 heavy (non-hydrogen) atoms. The highest BCUT2D eigenvalue weighted by Gasteiger charge is 2.08. The molecule has 0 bridgehead atoms. The molecule has 9 heteroatoms. The molecule has 0 fully saturated rings. The lowest BCUT2D eigenvalue weighted by Crippen LogP contribution is -2.16. The second-order valence-electron chi connectivity index (χ2n) is 6.62. The Balaban J connectivity index is 1.17. The Morgan fingerprint density at radius 2 is 1.68 bits per heavy atom. The van der Waals surface area contributed by atoms with Crippen molar-refractivity contribution < 1.29 is 19.0 Å². The molecule has 9 nitrogen and oxygen atoms in total. The van der Waals surface area contributed by atoms with Crippen LogP contribution in [0.2, 0.25) is 0 Å². The standard InChI is InChI=1S/C22H21N5O4/c23-21-20-22(25-14-24-21)27(15-26-20)11-4-12-29-19(28)13-30-16-7-9-18(10-8-16)31-17-5-2-1-3-6-17/h1-3,5-10,14-15H,4,11-13H2,(H2,23,24,25). The number of aryl methyl sites for hydroxylation is 1. The van der Waals surface area contributed by atoms with Crippen LogP contribution in [-0.2, 0) is 16.1 Å². The molecule has 0 atom stereocenters. The van der Waals surface area contributed by atoms with Crippen LogP contribution >= 0.6 is 0 Å². The zero-order valence-electron chi connectivity index (χ0n) is 16.7. The molecule has 2 aromatic heterocycles. The highest BCUT2D eigenvalue weighted by Crippen LogP contribution is 2.23. The Morgan fingerprint density at radius 1 is 0.935 bits per heavy atom. The lowest BCUT2D eigenvalue weighted by molar-refractivity contribution is -0.146. The number of nitrogen functional groups attached to an aromatic ring is 1. The van der Waals surface area contributed by atoms with Gasteiger partial charge in [-0.3, -0.25) is 0 Å². The van der Waals surface area contributed by atoms with E-state index in [4.69, 9.17) is 19.9 Å². The number of anilines is 1. The van der Waals surface area contributed by atoms with Gasteiger partial charge in [-0.2, -0.15) is 0 Å². The van der Waals surface area contributed by atoms with Crippen molar-refractivity contribution in [1.82, 2.24) is 19.5 Å². The lowest BCUT2D eigenvalue weighted by atomic mass is 10.3. The minimum absolute atomic E-state index is 0.170. The Bertz CT molecular complexity index is 1150. The molecule has 2 aromatic carbocycles. The number of benzene rings is 2. The first-order chi connectivity index (χ1) is 15.2. The zero-order valence-corrected chi connectivity index (χ0v) is 16.7. The maximum Gasteiger partial charge on any atom is 0.344 e. The summed E-state index contributed by atoms with van der Waals surface area (Å²) in [6, 6.07) is 16.5. The molecule has 2 N–H and O–H groups in total. The van der Waals surface area contributed by atoms with Crippen molar-refractivity contribution in [3.05, 3.63) is 67.3 Å². The van der Waals surface area contributed by atoms with Crippen LogP contribution in [0.5, 0.6) is 17.2 Å². The van der Waals surface area contributed by atoms with Crippen LogP contribution in [0, 0.1) is 0 Å². The number of para-hydroxylation sites is 1. The van der Waals surface area contributed by atoms with Gasteiger partial charge in [-0.05, 0) is 42.8 Å². The molecule has 0 spiro atoms. The summed E-state index contributed by atoms with van der Waals surface area (Å²) in [6.07, 6.45) is 3.64. The third kappa shape index (κ3) is 5.27. The first-order valence-electron chi connectivity index (χ1n) is 9.72. The molecule has 0 aliphatic rings. The van der Waals surface area contributed by atoms with Crippen molar-refractivity contribution in [1.29, 1.82) is 0 Å². The third-order valence-electron chi connectivity index (χ3n) is 4.40. The minimum atomic E-state index is -0.438. The first-order valence-corrected chi connectivity index (χ1v) is 9.72. The number of nitrogens with zero attached hydrogens (tertiary/aromatic N) is 4.